The molecule has 18 heavy (non-hydrogen) atoms. The van der Waals surface area contributed by atoms with Crippen molar-refractivity contribution in [3.63, 3.8) is 0 Å². The van der Waals surface area contributed by atoms with Crippen LogP contribution in [0.15, 0.2) is 4.99 Å². The molecule has 0 aromatic heterocycles. The van der Waals surface area contributed by atoms with Gasteiger partial charge in [0.2, 0.25) is 0 Å². The summed E-state index contributed by atoms with van der Waals surface area (Å²) in [5, 5.41) is 10.0. The zero-order chi connectivity index (χ0) is 13.5. The molecule has 0 saturated carbocycles. The molecule has 0 bridgehead atoms. The molecule has 3 atom stereocenters. The third kappa shape index (κ3) is 3.23. The average Bonchev–Trinajstić information content (AvgIpc) is 2.86. The summed E-state index contributed by atoms with van der Waals surface area (Å²) in [4.78, 5) is 21.4. The first-order valence-electron chi connectivity index (χ1n) is 5.98. The molecule has 96 valence electrons. The van der Waals surface area contributed by atoms with Gasteiger partial charge >= 0.3 is 106 Å². The number of hydroxylamine groups is 2. The normalized spacial score (nSPS) is 22.5. The van der Waals surface area contributed by atoms with Crippen LogP contribution < -0.4 is 0 Å². The van der Waals surface area contributed by atoms with Crippen molar-refractivity contribution in [1.29, 1.82) is 5.26 Å². The third-order valence-corrected chi connectivity index (χ3v) is 3.01. The van der Waals surface area contributed by atoms with Crippen molar-refractivity contribution in [3.05, 3.63) is 0 Å². The SMILES string of the molecule is CCC(C)[C@H](N=CB=O)C(=O)N1OCCC1C#N. The van der Waals surface area contributed by atoms with Gasteiger partial charge in [-0.2, -0.15) is 0 Å². The van der Waals surface area contributed by atoms with Gasteiger partial charge in [0, 0.05) is 0 Å². The van der Waals surface area contributed by atoms with Gasteiger partial charge in [-0.25, -0.2) is 0 Å². The Bertz CT molecular complexity index is 380. The van der Waals surface area contributed by atoms with Gasteiger partial charge in [-0.1, -0.05) is 0 Å². The Morgan fingerprint density at radius 3 is 3.06 bits per heavy atom. The molecule has 1 rings (SSSR count). The third-order valence-electron chi connectivity index (χ3n) is 3.01. The first-order chi connectivity index (χ1) is 8.65. The van der Waals surface area contributed by atoms with Gasteiger partial charge in [0.1, 0.15) is 0 Å². The van der Waals surface area contributed by atoms with Crippen LogP contribution in [-0.2, 0) is 14.3 Å². The van der Waals surface area contributed by atoms with Crippen LogP contribution in [0.25, 0.3) is 0 Å². The molecular formula is C11H16BN3O3. The standard InChI is InChI=1S/C11H16BN3O3/c1-3-8(2)10(14-7-12-17)11(16)15-9(6-13)4-5-18-15/h7-10H,3-5H2,1-2H3/t8?,9?,10-/m0/s1. The van der Waals surface area contributed by atoms with Gasteiger partial charge in [0.25, 0.3) is 0 Å². The molecule has 1 saturated heterocycles. The fourth-order valence-corrected chi connectivity index (χ4v) is 1.74. The van der Waals surface area contributed by atoms with Crippen molar-refractivity contribution in [2.24, 2.45) is 10.9 Å². The first-order valence-corrected chi connectivity index (χ1v) is 5.98. The maximum absolute atomic E-state index is 12.2. The molecule has 0 aromatic carbocycles. The summed E-state index contributed by atoms with van der Waals surface area (Å²) in [7, 11) is 0.537. The quantitative estimate of drug-likeness (QED) is 0.525. The Balaban J connectivity index is 2.85. The summed E-state index contributed by atoms with van der Waals surface area (Å²) in [6, 6.07) is 0.790. The van der Waals surface area contributed by atoms with Crippen molar-refractivity contribution in [2.45, 2.75) is 38.8 Å². The minimum atomic E-state index is -0.672. The number of hydrogen-bond donors (Lipinski definition) is 0. The fourth-order valence-electron chi connectivity index (χ4n) is 1.74. The van der Waals surface area contributed by atoms with E-state index >= 15 is 0 Å². The van der Waals surface area contributed by atoms with E-state index < -0.39 is 12.1 Å². The van der Waals surface area contributed by atoms with Crippen molar-refractivity contribution < 1.29 is 14.3 Å². The van der Waals surface area contributed by atoms with Crippen LogP contribution in [-0.4, -0.2) is 42.9 Å². The van der Waals surface area contributed by atoms with E-state index in [-0.39, 0.29) is 11.8 Å². The molecule has 7 heteroatoms. The number of rotatable bonds is 5. The van der Waals surface area contributed by atoms with Crippen LogP contribution in [0.4, 0.5) is 0 Å². The number of hydrogen-bond acceptors (Lipinski definition) is 5. The fraction of sp³-hybridized carbons (Fsp3) is 0.727. The van der Waals surface area contributed by atoms with Crippen LogP contribution in [0.2, 0.25) is 0 Å². The molecule has 0 radical (unpaired) electrons. The zero-order valence-electron chi connectivity index (χ0n) is 10.6. The molecule has 1 fully saturated rings. The molecule has 1 heterocycles. The van der Waals surface area contributed by atoms with Gasteiger partial charge in [-0.05, 0) is 0 Å². The van der Waals surface area contributed by atoms with E-state index in [9.17, 15) is 9.50 Å². The molecule has 0 spiro atoms. The predicted molar refractivity (Wildman–Crippen MR) is 65.0 cm³/mol. The van der Waals surface area contributed by atoms with Gasteiger partial charge < -0.3 is 0 Å². The van der Waals surface area contributed by atoms with Crippen LogP contribution >= 0.6 is 0 Å². The van der Waals surface area contributed by atoms with E-state index in [1.54, 1.807) is 0 Å². The molecule has 0 N–H and O–H groups in total. The molecule has 2 unspecified atom stereocenters. The van der Waals surface area contributed by atoms with E-state index in [1.807, 2.05) is 19.9 Å². The Morgan fingerprint density at radius 2 is 2.50 bits per heavy atom. The van der Waals surface area contributed by atoms with E-state index in [2.05, 4.69) is 4.99 Å². The van der Waals surface area contributed by atoms with Crippen molar-refractivity contribution >= 4 is 19.2 Å². The number of carbonyl (C=O) groups is 1. The van der Waals surface area contributed by atoms with Gasteiger partial charge in [0.15, 0.2) is 0 Å². The average molecular weight is 249 g/mol. The summed E-state index contributed by atoms with van der Waals surface area (Å²) >= 11 is 0. The molecular weight excluding hydrogens is 233 g/mol. The summed E-state index contributed by atoms with van der Waals surface area (Å²) in [6.07, 6.45) is 2.33. The Kier molecular flexibility index (Phi) is 5.66. The van der Waals surface area contributed by atoms with E-state index in [0.717, 1.165) is 17.6 Å². The van der Waals surface area contributed by atoms with Gasteiger partial charge in [-0.15, -0.1) is 0 Å². The summed E-state index contributed by atoms with van der Waals surface area (Å²) in [6.45, 7) is 4.17. The number of carbonyl (C=O) groups excluding carboxylic acids is 1. The molecule has 0 aliphatic carbocycles. The van der Waals surface area contributed by atoms with Gasteiger partial charge in [-0.3, -0.25) is 0 Å². The Labute approximate surface area is 107 Å². The van der Waals surface area contributed by atoms with E-state index in [1.165, 1.54) is 0 Å². The topological polar surface area (TPSA) is 82.8 Å². The summed E-state index contributed by atoms with van der Waals surface area (Å²) in [5.41, 5.74) is 0. The Hall–Kier alpha value is -1.55. The van der Waals surface area contributed by atoms with Crippen molar-refractivity contribution in [3.8, 4) is 6.07 Å². The first kappa shape index (κ1) is 14.5. The van der Waals surface area contributed by atoms with Crippen LogP contribution in [0.1, 0.15) is 26.7 Å². The summed E-state index contributed by atoms with van der Waals surface area (Å²) in [5.74, 6) is -0.372. The number of aliphatic imine (C=N–C) groups is 1. The minimum absolute atomic E-state index is 0.0164. The molecule has 0 aromatic rings. The van der Waals surface area contributed by atoms with Crippen molar-refractivity contribution in [1.82, 2.24) is 5.06 Å². The van der Waals surface area contributed by atoms with Gasteiger partial charge in [0.05, 0.1) is 0 Å². The molecule has 1 aliphatic rings. The maximum atomic E-state index is 12.2. The van der Waals surface area contributed by atoms with Crippen LogP contribution in [0, 0.1) is 17.2 Å². The Morgan fingerprint density at radius 1 is 1.78 bits per heavy atom. The predicted octanol–water partition coefficient (Wildman–Crippen LogP) is 0.535. The van der Waals surface area contributed by atoms with Crippen LogP contribution in [0.5, 0.6) is 0 Å². The number of nitrogens with zero attached hydrogens (tertiary/aromatic N) is 3. The summed E-state index contributed by atoms with van der Waals surface area (Å²) < 4.78 is 10.3. The van der Waals surface area contributed by atoms with E-state index in [0.29, 0.717) is 20.2 Å². The van der Waals surface area contributed by atoms with E-state index in [4.69, 9.17) is 10.1 Å². The second-order valence-corrected chi connectivity index (χ2v) is 4.20. The monoisotopic (exact) mass is 249 g/mol. The zero-order valence-corrected chi connectivity index (χ0v) is 10.6. The number of nitriles is 1. The molecule has 6 nitrogen and oxygen atoms in total. The van der Waals surface area contributed by atoms with Crippen molar-refractivity contribution in [2.75, 3.05) is 6.61 Å². The second-order valence-electron chi connectivity index (χ2n) is 4.20. The number of amides is 1. The second kappa shape index (κ2) is 7.02. The molecule has 1 amide bonds. The van der Waals surface area contributed by atoms with Crippen LogP contribution in [0.3, 0.4) is 0 Å². The molecule has 1 aliphatic heterocycles.